The molecule has 1 saturated carbocycles. The summed E-state index contributed by atoms with van der Waals surface area (Å²) in [5, 5.41) is 13.5. The van der Waals surface area contributed by atoms with Gasteiger partial charge in [-0.25, -0.2) is 0 Å². The molecule has 0 aromatic heterocycles. The number of carbonyl (C=O) groups excluding carboxylic acids is 1. The largest absolute Gasteiger partial charge is 0.392 e. The number of para-hydroxylation sites is 1. The monoisotopic (exact) mass is 324 g/mol. The topological polar surface area (TPSA) is 61.8 Å². The van der Waals surface area contributed by atoms with Gasteiger partial charge in [0.15, 0.2) is 0 Å². The normalized spacial score (nSPS) is 25.3. The van der Waals surface area contributed by atoms with E-state index in [1.54, 1.807) is 0 Å². The van der Waals surface area contributed by atoms with E-state index in [9.17, 15) is 9.90 Å². The Morgan fingerprint density at radius 1 is 1.32 bits per heavy atom. The molecule has 1 aliphatic heterocycles. The van der Waals surface area contributed by atoms with Crippen molar-refractivity contribution < 1.29 is 14.6 Å². The third kappa shape index (κ3) is 3.21. The molecule has 1 heterocycles. The smallest absolute Gasteiger partial charge is 0.230 e. The summed E-state index contributed by atoms with van der Waals surface area (Å²) in [6, 6.07) is 5.51. The van der Waals surface area contributed by atoms with Crippen LogP contribution in [0.2, 0.25) is 5.02 Å². The summed E-state index contributed by atoms with van der Waals surface area (Å²) in [4.78, 5) is 14.5. The molecular formula is C16H21ClN2O3. The first-order valence-corrected chi connectivity index (χ1v) is 8.15. The van der Waals surface area contributed by atoms with Crippen molar-refractivity contribution in [3.8, 4) is 0 Å². The minimum absolute atomic E-state index is 0.123. The number of anilines is 2. The molecule has 0 spiro atoms. The second kappa shape index (κ2) is 6.86. The van der Waals surface area contributed by atoms with Crippen molar-refractivity contribution >= 4 is 28.9 Å². The molecule has 0 bridgehead atoms. The highest BCUT2D eigenvalue weighted by Crippen LogP contribution is 2.35. The maximum atomic E-state index is 12.4. The van der Waals surface area contributed by atoms with Gasteiger partial charge in [-0.05, 0) is 31.4 Å². The predicted molar refractivity (Wildman–Crippen MR) is 86.5 cm³/mol. The van der Waals surface area contributed by atoms with E-state index in [2.05, 4.69) is 10.2 Å². The number of benzene rings is 1. The number of nitrogens with one attached hydrogen (secondary N) is 1. The average molecular weight is 325 g/mol. The van der Waals surface area contributed by atoms with Crippen molar-refractivity contribution in [3.63, 3.8) is 0 Å². The molecule has 3 rings (SSSR count). The maximum absolute atomic E-state index is 12.4. The van der Waals surface area contributed by atoms with Crippen LogP contribution in [0, 0.1) is 5.92 Å². The van der Waals surface area contributed by atoms with Gasteiger partial charge in [0.05, 0.1) is 41.6 Å². The number of carbonyl (C=O) groups is 1. The van der Waals surface area contributed by atoms with Gasteiger partial charge in [-0.15, -0.1) is 0 Å². The highest BCUT2D eigenvalue weighted by molar-refractivity contribution is 6.34. The second-order valence-electron chi connectivity index (χ2n) is 5.83. The first kappa shape index (κ1) is 15.6. The number of amides is 1. The van der Waals surface area contributed by atoms with Gasteiger partial charge < -0.3 is 20.1 Å². The summed E-state index contributed by atoms with van der Waals surface area (Å²) >= 11 is 6.35. The fraction of sp³-hybridized carbons (Fsp3) is 0.562. The van der Waals surface area contributed by atoms with Crippen molar-refractivity contribution in [2.45, 2.75) is 25.4 Å². The molecule has 2 N–H and O–H groups in total. The van der Waals surface area contributed by atoms with Gasteiger partial charge in [0.1, 0.15) is 0 Å². The standard InChI is InChI=1S/C16H21ClN2O3/c17-12-4-2-5-13(15(12)19-7-9-22-10-8-19)18-16(21)11-3-1-6-14(11)20/h2,4-5,11,14,20H,1,3,6-10H2,(H,18,21). The van der Waals surface area contributed by atoms with Crippen molar-refractivity contribution in [3.05, 3.63) is 23.2 Å². The van der Waals surface area contributed by atoms with Gasteiger partial charge in [0, 0.05) is 13.1 Å². The van der Waals surface area contributed by atoms with Gasteiger partial charge >= 0.3 is 0 Å². The van der Waals surface area contributed by atoms with Crippen LogP contribution >= 0.6 is 11.6 Å². The van der Waals surface area contributed by atoms with Crippen LogP contribution in [-0.2, 0) is 9.53 Å². The molecule has 6 heteroatoms. The third-order valence-corrected chi connectivity index (χ3v) is 4.69. The van der Waals surface area contributed by atoms with E-state index in [1.165, 1.54) is 0 Å². The molecule has 2 unspecified atom stereocenters. The van der Waals surface area contributed by atoms with Crippen molar-refractivity contribution in [1.82, 2.24) is 0 Å². The molecule has 5 nitrogen and oxygen atoms in total. The van der Waals surface area contributed by atoms with Crippen molar-refractivity contribution in [2.24, 2.45) is 5.92 Å². The van der Waals surface area contributed by atoms with Crippen LogP contribution < -0.4 is 10.2 Å². The number of ether oxygens (including phenoxy) is 1. The zero-order valence-electron chi connectivity index (χ0n) is 12.4. The van der Waals surface area contributed by atoms with Crippen LogP contribution in [0.4, 0.5) is 11.4 Å². The molecule has 2 fully saturated rings. The van der Waals surface area contributed by atoms with E-state index in [1.807, 2.05) is 18.2 Å². The highest BCUT2D eigenvalue weighted by atomic mass is 35.5. The Kier molecular flexibility index (Phi) is 4.86. The summed E-state index contributed by atoms with van der Waals surface area (Å²) < 4.78 is 5.37. The van der Waals surface area contributed by atoms with Crippen LogP contribution in [0.25, 0.3) is 0 Å². The number of hydrogen-bond donors (Lipinski definition) is 2. The highest BCUT2D eigenvalue weighted by Gasteiger charge is 2.32. The van der Waals surface area contributed by atoms with Gasteiger partial charge in [0.2, 0.25) is 5.91 Å². The lowest BCUT2D eigenvalue weighted by atomic mass is 10.0. The molecule has 1 amide bonds. The number of rotatable bonds is 3. The Hall–Kier alpha value is -1.30. The van der Waals surface area contributed by atoms with Crippen molar-refractivity contribution in [1.29, 1.82) is 0 Å². The van der Waals surface area contributed by atoms with E-state index >= 15 is 0 Å². The fourth-order valence-corrected chi connectivity index (χ4v) is 3.49. The lowest BCUT2D eigenvalue weighted by molar-refractivity contribution is -0.122. The molecular weight excluding hydrogens is 304 g/mol. The van der Waals surface area contributed by atoms with Gasteiger partial charge in [-0.2, -0.15) is 0 Å². The second-order valence-corrected chi connectivity index (χ2v) is 6.24. The Morgan fingerprint density at radius 2 is 2.09 bits per heavy atom. The zero-order chi connectivity index (χ0) is 15.5. The van der Waals surface area contributed by atoms with Crippen LogP contribution in [0.1, 0.15) is 19.3 Å². The van der Waals surface area contributed by atoms with E-state index in [-0.39, 0.29) is 11.8 Å². The SMILES string of the molecule is O=C(Nc1cccc(Cl)c1N1CCOCC1)C1CCCC1O. The summed E-state index contributed by atoms with van der Waals surface area (Å²) in [5.74, 6) is -0.446. The molecule has 22 heavy (non-hydrogen) atoms. The molecule has 0 radical (unpaired) electrons. The predicted octanol–water partition coefficient (Wildman–Crippen LogP) is 2.28. The van der Waals surface area contributed by atoms with Crippen LogP contribution in [-0.4, -0.2) is 43.4 Å². The number of halogens is 1. The van der Waals surface area contributed by atoms with E-state index in [0.717, 1.165) is 31.6 Å². The molecule has 120 valence electrons. The van der Waals surface area contributed by atoms with E-state index < -0.39 is 6.10 Å². The van der Waals surface area contributed by atoms with E-state index in [4.69, 9.17) is 16.3 Å². The Labute approximate surface area is 135 Å². The number of aliphatic hydroxyl groups excluding tert-OH is 1. The Morgan fingerprint density at radius 3 is 2.77 bits per heavy atom. The quantitative estimate of drug-likeness (QED) is 0.895. The molecule has 2 aliphatic rings. The number of aliphatic hydroxyl groups is 1. The van der Waals surface area contributed by atoms with Crippen LogP contribution in [0.5, 0.6) is 0 Å². The molecule has 1 aliphatic carbocycles. The first-order chi connectivity index (χ1) is 10.7. The van der Waals surface area contributed by atoms with Gasteiger partial charge in [-0.3, -0.25) is 4.79 Å². The molecule has 1 aromatic rings. The average Bonchev–Trinajstić information content (AvgIpc) is 2.94. The van der Waals surface area contributed by atoms with Crippen LogP contribution in [0.3, 0.4) is 0 Å². The molecule has 2 atom stereocenters. The van der Waals surface area contributed by atoms with Crippen LogP contribution in [0.15, 0.2) is 18.2 Å². The lowest BCUT2D eigenvalue weighted by Gasteiger charge is -2.31. The molecule has 1 saturated heterocycles. The fourth-order valence-electron chi connectivity index (χ4n) is 3.20. The Bertz CT molecular complexity index is 546. The number of morpholine rings is 1. The minimum atomic E-state index is -0.536. The van der Waals surface area contributed by atoms with E-state index in [0.29, 0.717) is 30.3 Å². The summed E-state index contributed by atoms with van der Waals surface area (Å²) in [6.45, 7) is 2.80. The van der Waals surface area contributed by atoms with Gasteiger partial charge in [0.25, 0.3) is 0 Å². The third-order valence-electron chi connectivity index (χ3n) is 4.39. The summed E-state index contributed by atoms with van der Waals surface area (Å²) in [5.41, 5.74) is 1.55. The molecule has 1 aromatic carbocycles. The van der Waals surface area contributed by atoms with Gasteiger partial charge in [-0.1, -0.05) is 17.7 Å². The van der Waals surface area contributed by atoms with Crippen molar-refractivity contribution in [2.75, 3.05) is 36.5 Å². The number of nitrogens with zero attached hydrogens (tertiary/aromatic N) is 1. The maximum Gasteiger partial charge on any atom is 0.230 e. The summed E-state index contributed by atoms with van der Waals surface area (Å²) in [7, 11) is 0. The lowest BCUT2D eigenvalue weighted by Crippen LogP contribution is -2.37. The summed E-state index contributed by atoms with van der Waals surface area (Å²) in [6.07, 6.45) is 1.79. The Balaban J connectivity index is 1.80. The number of hydrogen-bond acceptors (Lipinski definition) is 4. The first-order valence-electron chi connectivity index (χ1n) is 7.77. The minimum Gasteiger partial charge on any atom is -0.392 e. The zero-order valence-corrected chi connectivity index (χ0v) is 13.2.